The van der Waals surface area contributed by atoms with Crippen LogP contribution in [-0.4, -0.2) is 20.6 Å². The lowest BCUT2D eigenvalue weighted by Gasteiger charge is -2.02. The Morgan fingerprint density at radius 3 is 2.42 bits per heavy atom. The third kappa shape index (κ3) is 1.36. The van der Waals surface area contributed by atoms with E-state index in [0.29, 0.717) is 11.0 Å². The molecule has 0 unspecified atom stereocenters. The summed E-state index contributed by atoms with van der Waals surface area (Å²) < 4.78 is 9.63. The molecule has 92 valence electrons. The van der Waals surface area contributed by atoms with Crippen LogP contribution < -0.4 is 0 Å². The van der Waals surface area contributed by atoms with E-state index in [4.69, 9.17) is 9.26 Å². The molecule has 0 spiro atoms. The van der Waals surface area contributed by atoms with E-state index in [1.807, 2.05) is 37.3 Å². The van der Waals surface area contributed by atoms with Gasteiger partial charge in [0.15, 0.2) is 0 Å². The normalized spacial score (nSPS) is 11.4. The summed E-state index contributed by atoms with van der Waals surface area (Å²) in [7, 11) is 0. The number of hydrogen-bond acceptors (Lipinski definition) is 6. The van der Waals surface area contributed by atoms with Crippen LogP contribution in [0.2, 0.25) is 0 Å². The van der Waals surface area contributed by atoms with Gasteiger partial charge in [0.1, 0.15) is 22.1 Å². The second-order valence-electron chi connectivity index (χ2n) is 4.33. The fraction of sp³-hybridized carbons (Fsp3) is 0.0769. The third-order valence-corrected chi connectivity index (χ3v) is 3.19. The second-order valence-corrected chi connectivity index (χ2v) is 4.33. The molecule has 0 amide bonds. The minimum Gasteiger partial charge on any atom is -0.243 e. The Balaban J connectivity index is 2.12. The van der Waals surface area contributed by atoms with Crippen LogP contribution in [0.1, 0.15) is 5.56 Å². The molecule has 0 aliphatic carbocycles. The number of hydrogen-bond donors (Lipinski definition) is 0. The molecule has 2 aromatic heterocycles. The van der Waals surface area contributed by atoms with Gasteiger partial charge in [-0.1, -0.05) is 24.3 Å². The molecule has 6 heteroatoms. The van der Waals surface area contributed by atoms with Crippen LogP contribution in [0.3, 0.4) is 0 Å². The van der Waals surface area contributed by atoms with Gasteiger partial charge in [-0.15, -0.1) is 0 Å². The van der Waals surface area contributed by atoms with Gasteiger partial charge >= 0.3 is 0 Å². The highest BCUT2D eigenvalue weighted by Gasteiger charge is 2.15. The molecule has 2 heterocycles. The third-order valence-electron chi connectivity index (χ3n) is 3.19. The van der Waals surface area contributed by atoms with Crippen molar-refractivity contribution in [3.05, 3.63) is 35.9 Å². The van der Waals surface area contributed by atoms with E-state index in [0.717, 1.165) is 27.7 Å². The van der Waals surface area contributed by atoms with Crippen molar-refractivity contribution in [2.75, 3.05) is 0 Å². The SMILES string of the molecule is Cc1ccc(-c2cccc3nonc23)c2nonc12. The van der Waals surface area contributed by atoms with Crippen LogP contribution in [0.5, 0.6) is 0 Å². The smallest absolute Gasteiger partial charge is 0.143 e. The van der Waals surface area contributed by atoms with E-state index in [-0.39, 0.29) is 0 Å². The maximum atomic E-state index is 4.84. The number of fused-ring (bicyclic) bond motifs is 2. The predicted molar refractivity (Wildman–Crippen MR) is 67.3 cm³/mol. The first-order valence-electron chi connectivity index (χ1n) is 5.78. The Kier molecular flexibility index (Phi) is 1.94. The minimum absolute atomic E-state index is 0.704. The molecule has 0 radical (unpaired) electrons. The molecule has 0 N–H and O–H groups in total. The molecule has 2 aromatic carbocycles. The monoisotopic (exact) mass is 252 g/mol. The molecular weight excluding hydrogens is 244 g/mol. The van der Waals surface area contributed by atoms with Gasteiger partial charge in [-0.25, -0.2) is 9.26 Å². The van der Waals surface area contributed by atoms with Crippen LogP contribution >= 0.6 is 0 Å². The summed E-state index contributed by atoms with van der Waals surface area (Å²) >= 11 is 0. The minimum atomic E-state index is 0.704. The topological polar surface area (TPSA) is 77.8 Å². The van der Waals surface area contributed by atoms with E-state index in [2.05, 4.69) is 20.6 Å². The standard InChI is InChI=1S/C13H8N4O2/c1-7-5-6-9(13-11(7)15-19-17-13)8-3-2-4-10-12(8)16-18-14-10/h2-6H,1H3. The van der Waals surface area contributed by atoms with Gasteiger partial charge in [0, 0.05) is 11.1 Å². The lowest BCUT2D eigenvalue weighted by molar-refractivity contribution is 0.315. The summed E-state index contributed by atoms with van der Waals surface area (Å²) in [5.74, 6) is 0. The summed E-state index contributed by atoms with van der Waals surface area (Å²) in [5, 5.41) is 15.7. The van der Waals surface area contributed by atoms with Crippen molar-refractivity contribution in [2.24, 2.45) is 0 Å². The van der Waals surface area contributed by atoms with Gasteiger partial charge in [-0.2, -0.15) is 0 Å². The highest BCUT2D eigenvalue weighted by Crippen LogP contribution is 2.32. The van der Waals surface area contributed by atoms with Gasteiger partial charge < -0.3 is 0 Å². The number of aromatic nitrogens is 4. The molecule has 6 nitrogen and oxygen atoms in total. The number of rotatable bonds is 1. The van der Waals surface area contributed by atoms with Crippen molar-refractivity contribution in [2.45, 2.75) is 6.92 Å². The molecule has 0 saturated heterocycles. The molecule has 0 aliphatic heterocycles. The highest BCUT2D eigenvalue weighted by atomic mass is 16.6. The van der Waals surface area contributed by atoms with Crippen molar-refractivity contribution >= 4 is 22.1 Å². The largest absolute Gasteiger partial charge is 0.243 e. The zero-order chi connectivity index (χ0) is 12.8. The summed E-state index contributed by atoms with van der Waals surface area (Å²) in [4.78, 5) is 0. The average molecular weight is 252 g/mol. The average Bonchev–Trinajstić information content (AvgIpc) is 3.08. The molecular formula is C13H8N4O2. The van der Waals surface area contributed by atoms with E-state index >= 15 is 0 Å². The van der Waals surface area contributed by atoms with Crippen LogP contribution in [0.15, 0.2) is 39.6 Å². The maximum absolute atomic E-state index is 4.84. The van der Waals surface area contributed by atoms with Gasteiger partial charge in [0.05, 0.1) is 0 Å². The second kappa shape index (κ2) is 3.61. The lowest BCUT2D eigenvalue weighted by Crippen LogP contribution is -1.85. The molecule has 0 atom stereocenters. The Bertz CT molecular complexity index is 894. The zero-order valence-corrected chi connectivity index (χ0v) is 9.99. The molecule has 0 saturated carbocycles. The van der Waals surface area contributed by atoms with Crippen LogP contribution in [0.4, 0.5) is 0 Å². The van der Waals surface area contributed by atoms with Crippen molar-refractivity contribution in [3.63, 3.8) is 0 Å². The summed E-state index contributed by atoms with van der Waals surface area (Å²) in [5.41, 5.74) is 5.72. The van der Waals surface area contributed by atoms with E-state index < -0.39 is 0 Å². The van der Waals surface area contributed by atoms with Crippen molar-refractivity contribution in [1.29, 1.82) is 0 Å². The number of benzene rings is 2. The fourth-order valence-electron chi connectivity index (χ4n) is 2.23. The van der Waals surface area contributed by atoms with Crippen molar-refractivity contribution < 1.29 is 9.26 Å². The zero-order valence-electron chi connectivity index (χ0n) is 9.99. The number of aryl methyl sites for hydroxylation is 1. The summed E-state index contributed by atoms with van der Waals surface area (Å²) in [6, 6.07) is 9.66. The number of nitrogens with zero attached hydrogens (tertiary/aromatic N) is 4. The Labute approximate surface area is 106 Å². The Hall–Kier alpha value is -2.76. The van der Waals surface area contributed by atoms with Crippen LogP contribution in [-0.2, 0) is 0 Å². The molecule has 19 heavy (non-hydrogen) atoms. The Morgan fingerprint density at radius 1 is 0.737 bits per heavy atom. The maximum Gasteiger partial charge on any atom is 0.143 e. The highest BCUT2D eigenvalue weighted by molar-refractivity contribution is 6.00. The summed E-state index contributed by atoms with van der Waals surface area (Å²) in [6.45, 7) is 1.97. The van der Waals surface area contributed by atoms with Crippen LogP contribution in [0.25, 0.3) is 33.2 Å². The van der Waals surface area contributed by atoms with Gasteiger partial charge in [-0.05, 0) is 39.2 Å². The lowest BCUT2D eigenvalue weighted by atomic mass is 10.0. The van der Waals surface area contributed by atoms with E-state index in [9.17, 15) is 0 Å². The van der Waals surface area contributed by atoms with E-state index in [1.54, 1.807) is 0 Å². The van der Waals surface area contributed by atoms with Gasteiger partial charge in [0.2, 0.25) is 0 Å². The molecule has 4 rings (SSSR count). The van der Waals surface area contributed by atoms with Crippen molar-refractivity contribution in [1.82, 2.24) is 20.6 Å². The van der Waals surface area contributed by atoms with E-state index in [1.165, 1.54) is 0 Å². The molecule has 4 aromatic rings. The molecule has 0 fully saturated rings. The summed E-state index contributed by atoms with van der Waals surface area (Å²) in [6.07, 6.45) is 0. The van der Waals surface area contributed by atoms with Crippen LogP contribution in [0, 0.1) is 6.92 Å². The first kappa shape index (κ1) is 10.2. The molecule has 0 bridgehead atoms. The predicted octanol–water partition coefficient (Wildman–Crippen LogP) is 2.73. The quantitative estimate of drug-likeness (QED) is 0.518. The molecule has 0 aliphatic rings. The van der Waals surface area contributed by atoms with Gasteiger partial charge in [-0.3, -0.25) is 0 Å². The van der Waals surface area contributed by atoms with Gasteiger partial charge in [0.25, 0.3) is 0 Å². The Morgan fingerprint density at radius 2 is 1.47 bits per heavy atom. The van der Waals surface area contributed by atoms with Crippen molar-refractivity contribution in [3.8, 4) is 11.1 Å². The fourth-order valence-corrected chi connectivity index (χ4v) is 2.23. The first-order chi connectivity index (χ1) is 9.34. The first-order valence-corrected chi connectivity index (χ1v) is 5.78.